The van der Waals surface area contributed by atoms with Crippen LogP contribution in [0.5, 0.6) is 0 Å². The van der Waals surface area contributed by atoms with E-state index in [4.69, 9.17) is 11.6 Å². The van der Waals surface area contributed by atoms with Gasteiger partial charge in [-0.15, -0.1) is 0 Å². The Balaban J connectivity index is 4.31. The van der Waals surface area contributed by atoms with Gasteiger partial charge in [0.2, 0.25) is 0 Å². The molecule has 0 unspecified atom stereocenters. The van der Waals surface area contributed by atoms with E-state index in [2.05, 4.69) is 6.58 Å². The predicted octanol–water partition coefficient (Wildman–Crippen LogP) is 3.56. The van der Waals surface area contributed by atoms with E-state index in [-0.39, 0.29) is 5.83 Å². The number of hydrogen-bond donors (Lipinski definition) is 0. The van der Waals surface area contributed by atoms with Gasteiger partial charge in [-0.2, -0.15) is 0 Å². The van der Waals surface area contributed by atoms with Crippen molar-refractivity contribution in [2.24, 2.45) is 0 Å². The van der Waals surface area contributed by atoms with E-state index in [0.717, 1.165) is 0 Å². The second-order valence-corrected chi connectivity index (χ2v) is 2.35. The summed E-state index contributed by atoms with van der Waals surface area (Å²) in [5.74, 6) is -0.340. The zero-order chi connectivity index (χ0) is 8.15. The Kier molecular flexibility index (Phi) is 4.05. The van der Waals surface area contributed by atoms with Crippen molar-refractivity contribution < 1.29 is 4.39 Å². The molecule has 2 heteroatoms. The van der Waals surface area contributed by atoms with E-state index < -0.39 is 0 Å². The highest BCUT2D eigenvalue weighted by Gasteiger charge is 1.93. The lowest BCUT2D eigenvalue weighted by Crippen LogP contribution is -1.72. The Morgan fingerprint density at radius 2 is 2.10 bits per heavy atom. The number of hydrogen-bond acceptors (Lipinski definition) is 0. The third-order valence-electron chi connectivity index (χ3n) is 0.948. The van der Waals surface area contributed by atoms with E-state index in [0.29, 0.717) is 10.6 Å². The molecule has 0 aromatic rings. The summed E-state index contributed by atoms with van der Waals surface area (Å²) in [5, 5.41) is 0.357. The van der Waals surface area contributed by atoms with Crippen LogP contribution in [0.2, 0.25) is 0 Å². The minimum absolute atomic E-state index is 0.340. The summed E-state index contributed by atoms with van der Waals surface area (Å²) in [6.45, 7) is 6.88. The van der Waals surface area contributed by atoms with Crippen LogP contribution < -0.4 is 0 Å². The maximum Gasteiger partial charge on any atom is 0.120 e. The minimum atomic E-state index is -0.340. The van der Waals surface area contributed by atoms with Crippen LogP contribution in [0.1, 0.15) is 13.8 Å². The summed E-state index contributed by atoms with van der Waals surface area (Å²) in [6.07, 6.45) is 2.58. The average molecular weight is 161 g/mol. The van der Waals surface area contributed by atoms with Gasteiger partial charge in [0.1, 0.15) is 5.83 Å². The average Bonchev–Trinajstić information content (AvgIpc) is 1.87. The van der Waals surface area contributed by atoms with Crippen LogP contribution in [-0.4, -0.2) is 0 Å². The second kappa shape index (κ2) is 4.29. The van der Waals surface area contributed by atoms with Gasteiger partial charge in [-0.3, -0.25) is 0 Å². The van der Waals surface area contributed by atoms with Crippen LogP contribution in [0.4, 0.5) is 4.39 Å². The molecule has 0 saturated heterocycles. The Bertz CT molecular complexity index is 189. The molecule has 0 aliphatic rings. The number of halogens is 2. The van der Waals surface area contributed by atoms with Crippen molar-refractivity contribution in [2.75, 3.05) is 0 Å². The summed E-state index contributed by atoms with van der Waals surface area (Å²) in [4.78, 5) is 0. The molecule has 10 heavy (non-hydrogen) atoms. The largest absolute Gasteiger partial charge is 0.207 e. The van der Waals surface area contributed by atoms with Gasteiger partial charge in [-0.1, -0.05) is 24.3 Å². The smallest absolute Gasteiger partial charge is 0.120 e. The van der Waals surface area contributed by atoms with E-state index in [1.54, 1.807) is 13.8 Å². The fourth-order valence-corrected chi connectivity index (χ4v) is 0.432. The lowest BCUT2D eigenvalue weighted by atomic mass is 10.3. The van der Waals surface area contributed by atoms with Gasteiger partial charge >= 0.3 is 0 Å². The normalized spacial score (nSPS) is 13.6. The lowest BCUT2D eigenvalue weighted by Gasteiger charge is -1.92. The molecule has 0 N–H and O–H groups in total. The Morgan fingerprint density at radius 1 is 1.60 bits per heavy atom. The fourth-order valence-electron chi connectivity index (χ4n) is 0.328. The van der Waals surface area contributed by atoms with Crippen molar-refractivity contribution in [3.63, 3.8) is 0 Å². The molecule has 0 spiro atoms. The zero-order valence-corrected chi connectivity index (χ0v) is 6.87. The van der Waals surface area contributed by atoms with Crippen LogP contribution in [0, 0.1) is 0 Å². The van der Waals surface area contributed by atoms with Gasteiger partial charge in [0.15, 0.2) is 0 Å². The van der Waals surface area contributed by atoms with Crippen LogP contribution in [0.3, 0.4) is 0 Å². The molecule has 0 nitrogen and oxygen atoms in total. The molecule has 56 valence electrons. The van der Waals surface area contributed by atoms with E-state index >= 15 is 0 Å². The Hall–Kier alpha value is -0.560. The highest BCUT2D eigenvalue weighted by atomic mass is 35.5. The summed E-state index contributed by atoms with van der Waals surface area (Å²) in [6, 6.07) is 0. The van der Waals surface area contributed by atoms with Gasteiger partial charge in [0.05, 0.1) is 0 Å². The molecule has 0 fully saturated rings. The third kappa shape index (κ3) is 3.46. The van der Waals surface area contributed by atoms with Crippen LogP contribution in [-0.2, 0) is 0 Å². The van der Waals surface area contributed by atoms with Crippen LogP contribution >= 0.6 is 11.6 Å². The van der Waals surface area contributed by atoms with Crippen LogP contribution in [0.15, 0.2) is 35.2 Å². The number of allylic oxidation sites excluding steroid dienone is 5. The predicted molar refractivity (Wildman–Crippen MR) is 43.6 cm³/mol. The van der Waals surface area contributed by atoms with Crippen molar-refractivity contribution in [2.45, 2.75) is 13.8 Å². The topological polar surface area (TPSA) is 0 Å². The van der Waals surface area contributed by atoms with Crippen molar-refractivity contribution in [3.8, 4) is 0 Å². The number of rotatable bonds is 2. The summed E-state index contributed by atoms with van der Waals surface area (Å²) < 4.78 is 12.4. The molecule has 0 rings (SSSR count). The first kappa shape index (κ1) is 9.44. The highest BCUT2D eigenvalue weighted by Crippen LogP contribution is 2.14. The Labute approximate surface area is 65.7 Å². The highest BCUT2D eigenvalue weighted by molar-refractivity contribution is 6.32. The van der Waals surface area contributed by atoms with E-state index in [1.807, 2.05) is 0 Å². The van der Waals surface area contributed by atoms with Gasteiger partial charge in [-0.25, -0.2) is 4.39 Å². The molecule has 0 atom stereocenters. The molecule has 0 heterocycles. The zero-order valence-electron chi connectivity index (χ0n) is 6.12. The van der Waals surface area contributed by atoms with Crippen molar-refractivity contribution in [1.29, 1.82) is 0 Å². The monoisotopic (exact) mass is 160 g/mol. The molecule has 0 aromatic carbocycles. The van der Waals surface area contributed by atoms with E-state index in [9.17, 15) is 4.39 Å². The second-order valence-electron chi connectivity index (χ2n) is 1.95. The Morgan fingerprint density at radius 3 is 2.40 bits per heavy atom. The quantitative estimate of drug-likeness (QED) is 0.542. The molecular weight excluding hydrogens is 151 g/mol. The summed E-state index contributed by atoms with van der Waals surface area (Å²) in [7, 11) is 0. The first-order valence-electron chi connectivity index (χ1n) is 2.92. The fraction of sp³-hybridized carbons (Fsp3) is 0.250. The summed E-state index contributed by atoms with van der Waals surface area (Å²) in [5.41, 5.74) is 0.665. The maximum atomic E-state index is 12.4. The first-order chi connectivity index (χ1) is 4.57. The molecule has 0 radical (unpaired) electrons. The standard InChI is InChI=1S/C8H10ClF/c1-4-7(10)5-8(9)6(2)3/h4-5H,2H2,1,3H3/b7-4+,8-5+. The molecule has 0 saturated carbocycles. The van der Waals surface area contributed by atoms with E-state index in [1.165, 1.54) is 12.2 Å². The van der Waals surface area contributed by atoms with Crippen molar-refractivity contribution in [3.05, 3.63) is 35.2 Å². The minimum Gasteiger partial charge on any atom is -0.207 e. The SMILES string of the molecule is C=C(C)/C(Cl)=C\C(F)=C/C. The third-order valence-corrected chi connectivity index (χ3v) is 1.38. The van der Waals surface area contributed by atoms with Crippen molar-refractivity contribution in [1.82, 2.24) is 0 Å². The molecule has 0 aliphatic carbocycles. The van der Waals surface area contributed by atoms with Crippen molar-refractivity contribution >= 4 is 11.6 Å². The summed E-state index contributed by atoms with van der Waals surface area (Å²) >= 11 is 5.57. The molecule has 0 amide bonds. The molecule has 0 aromatic heterocycles. The maximum absolute atomic E-state index is 12.4. The lowest BCUT2D eigenvalue weighted by molar-refractivity contribution is 0.664. The van der Waals surface area contributed by atoms with Crippen LogP contribution in [0.25, 0.3) is 0 Å². The molecular formula is C8H10ClF. The first-order valence-corrected chi connectivity index (χ1v) is 3.30. The van der Waals surface area contributed by atoms with Gasteiger partial charge in [-0.05, 0) is 25.5 Å². The van der Waals surface area contributed by atoms with Gasteiger partial charge in [0, 0.05) is 5.03 Å². The van der Waals surface area contributed by atoms with Gasteiger partial charge in [0.25, 0.3) is 0 Å². The molecule has 0 aliphatic heterocycles. The van der Waals surface area contributed by atoms with Gasteiger partial charge < -0.3 is 0 Å². The molecule has 0 bridgehead atoms.